The summed E-state index contributed by atoms with van der Waals surface area (Å²) in [5.41, 5.74) is 2.11. The molecule has 0 saturated carbocycles. The molecule has 93 valence electrons. The van der Waals surface area contributed by atoms with Gasteiger partial charge in [-0.1, -0.05) is 42.5 Å². The van der Waals surface area contributed by atoms with Crippen molar-refractivity contribution in [2.24, 2.45) is 0 Å². The first kappa shape index (κ1) is 11.1. The summed E-state index contributed by atoms with van der Waals surface area (Å²) >= 11 is 0. The van der Waals surface area contributed by atoms with Crippen LogP contribution in [0.4, 0.5) is 0 Å². The van der Waals surface area contributed by atoms with Crippen molar-refractivity contribution >= 4 is 21.5 Å². The molecule has 1 radical (unpaired) electrons. The Hall–Kier alpha value is -2.74. The van der Waals surface area contributed by atoms with Gasteiger partial charge < -0.3 is 0 Å². The Morgan fingerprint density at radius 1 is 0.750 bits per heavy atom. The van der Waals surface area contributed by atoms with E-state index in [0.717, 1.165) is 11.1 Å². The lowest BCUT2D eigenvalue weighted by Gasteiger charge is -2.07. The first-order chi connectivity index (χ1) is 9.92. The molecule has 0 saturated heterocycles. The SMILES string of the molecule is [c]1nnccc1-c1cccc2cc3ccccc3cc12. The van der Waals surface area contributed by atoms with Crippen LogP contribution in [0.25, 0.3) is 32.7 Å². The van der Waals surface area contributed by atoms with Crippen LogP contribution < -0.4 is 0 Å². The summed E-state index contributed by atoms with van der Waals surface area (Å²) in [6, 6.07) is 21.1. The fourth-order valence-electron chi connectivity index (χ4n) is 2.61. The number of nitrogens with zero attached hydrogens (tertiary/aromatic N) is 2. The maximum Gasteiger partial charge on any atom is 0.122 e. The van der Waals surface area contributed by atoms with Gasteiger partial charge in [-0.05, 0) is 45.3 Å². The molecule has 0 aliphatic rings. The zero-order valence-electron chi connectivity index (χ0n) is 10.7. The minimum Gasteiger partial charge on any atom is -0.158 e. The Balaban J connectivity index is 2.09. The number of rotatable bonds is 1. The molecule has 3 aromatic carbocycles. The second-order valence-electron chi connectivity index (χ2n) is 4.78. The lowest BCUT2D eigenvalue weighted by Crippen LogP contribution is -1.85. The summed E-state index contributed by atoms with van der Waals surface area (Å²) in [4.78, 5) is 0. The highest BCUT2D eigenvalue weighted by molar-refractivity contribution is 6.04. The average Bonchev–Trinajstić information content (AvgIpc) is 2.53. The zero-order chi connectivity index (χ0) is 13.4. The fraction of sp³-hybridized carbons (Fsp3) is 0. The molecule has 0 N–H and O–H groups in total. The van der Waals surface area contributed by atoms with Crippen LogP contribution in [0, 0.1) is 6.20 Å². The van der Waals surface area contributed by atoms with Crippen LogP contribution in [-0.4, -0.2) is 10.2 Å². The number of hydrogen-bond acceptors (Lipinski definition) is 2. The molecule has 1 aromatic heterocycles. The standard InChI is InChI=1S/C18H11N2/c1-2-5-14-11-18-15(10-13(14)4-1)6-3-7-17(18)16-8-9-19-20-12-16/h1-11H. The molecule has 0 fully saturated rings. The lowest BCUT2D eigenvalue weighted by molar-refractivity contribution is 1.03. The Kier molecular flexibility index (Phi) is 2.46. The Morgan fingerprint density at radius 2 is 1.55 bits per heavy atom. The van der Waals surface area contributed by atoms with Crippen molar-refractivity contribution < 1.29 is 0 Å². The second kappa shape index (κ2) is 4.42. The molecule has 0 unspecified atom stereocenters. The molecule has 0 spiro atoms. The van der Waals surface area contributed by atoms with E-state index in [9.17, 15) is 0 Å². The van der Waals surface area contributed by atoms with Gasteiger partial charge in [0.15, 0.2) is 0 Å². The molecule has 2 heteroatoms. The number of fused-ring (bicyclic) bond motifs is 2. The fourth-order valence-corrected chi connectivity index (χ4v) is 2.61. The summed E-state index contributed by atoms with van der Waals surface area (Å²) < 4.78 is 0. The molecule has 1 heterocycles. The monoisotopic (exact) mass is 255 g/mol. The van der Waals surface area contributed by atoms with Crippen molar-refractivity contribution in [3.63, 3.8) is 0 Å². The molecule has 0 bridgehead atoms. The van der Waals surface area contributed by atoms with Gasteiger partial charge in [-0.3, -0.25) is 0 Å². The van der Waals surface area contributed by atoms with E-state index >= 15 is 0 Å². The van der Waals surface area contributed by atoms with Crippen LogP contribution in [0.15, 0.2) is 66.9 Å². The maximum atomic E-state index is 3.86. The maximum absolute atomic E-state index is 3.86. The summed E-state index contributed by atoms with van der Waals surface area (Å²) in [7, 11) is 0. The first-order valence-corrected chi connectivity index (χ1v) is 6.53. The van der Waals surface area contributed by atoms with Gasteiger partial charge in [0, 0.05) is 5.56 Å². The van der Waals surface area contributed by atoms with E-state index in [-0.39, 0.29) is 0 Å². The molecular weight excluding hydrogens is 244 g/mol. The highest BCUT2D eigenvalue weighted by atomic mass is 15.1. The summed E-state index contributed by atoms with van der Waals surface area (Å²) in [5.74, 6) is 0. The third kappa shape index (κ3) is 1.74. The minimum absolute atomic E-state index is 0.973. The van der Waals surface area contributed by atoms with Crippen LogP contribution in [0.5, 0.6) is 0 Å². The third-order valence-electron chi connectivity index (χ3n) is 3.57. The van der Waals surface area contributed by atoms with Crippen molar-refractivity contribution in [1.82, 2.24) is 10.2 Å². The topological polar surface area (TPSA) is 25.8 Å². The van der Waals surface area contributed by atoms with Gasteiger partial charge >= 0.3 is 0 Å². The van der Waals surface area contributed by atoms with E-state index in [4.69, 9.17) is 0 Å². The van der Waals surface area contributed by atoms with E-state index in [0.29, 0.717) is 0 Å². The Labute approximate surface area is 116 Å². The molecule has 4 aromatic rings. The smallest absolute Gasteiger partial charge is 0.122 e. The van der Waals surface area contributed by atoms with Gasteiger partial charge in [0.1, 0.15) is 6.20 Å². The van der Waals surface area contributed by atoms with Gasteiger partial charge in [0.2, 0.25) is 0 Å². The van der Waals surface area contributed by atoms with Crippen molar-refractivity contribution in [3.8, 4) is 11.1 Å². The normalized spacial score (nSPS) is 11.0. The quantitative estimate of drug-likeness (QED) is 0.475. The van der Waals surface area contributed by atoms with E-state index in [2.05, 4.69) is 71.0 Å². The minimum atomic E-state index is 0.973. The van der Waals surface area contributed by atoms with Crippen molar-refractivity contribution in [2.75, 3.05) is 0 Å². The van der Waals surface area contributed by atoms with Gasteiger partial charge in [-0.25, -0.2) is 0 Å². The van der Waals surface area contributed by atoms with Gasteiger partial charge in [-0.15, -0.1) is 5.10 Å². The highest BCUT2D eigenvalue weighted by Gasteiger charge is 2.05. The summed E-state index contributed by atoms with van der Waals surface area (Å²) in [5, 5.41) is 12.6. The summed E-state index contributed by atoms with van der Waals surface area (Å²) in [6.07, 6.45) is 4.66. The third-order valence-corrected chi connectivity index (χ3v) is 3.57. The molecule has 0 atom stereocenters. The molecule has 2 nitrogen and oxygen atoms in total. The zero-order valence-corrected chi connectivity index (χ0v) is 10.7. The summed E-state index contributed by atoms with van der Waals surface area (Å²) in [6.45, 7) is 0. The largest absolute Gasteiger partial charge is 0.158 e. The molecule has 20 heavy (non-hydrogen) atoms. The van der Waals surface area contributed by atoms with Gasteiger partial charge in [0.25, 0.3) is 0 Å². The number of hydrogen-bond donors (Lipinski definition) is 0. The lowest BCUT2D eigenvalue weighted by atomic mass is 9.97. The highest BCUT2D eigenvalue weighted by Crippen LogP contribution is 2.30. The second-order valence-corrected chi connectivity index (χ2v) is 4.78. The van der Waals surface area contributed by atoms with E-state index in [1.54, 1.807) is 6.20 Å². The molecule has 0 aliphatic carbocycles. The van der Waals surface area contributed by atoms with Gasteiger partial charge in [0.05, 0.1) is 6.20 Å². The Bertz CT molecular complexity index is 899. The first-order valence-electron chi connectivity index (χ1n) is 6.53. The van der Waals surface area contributed by atoms with Crippen LogP contribution in [-0.2, 0) is 0 Å². The number of benzene rings is 3. The predicted molar refractivity (Wildman–Crippen MR) is 81.3 cm³/mol. The molecule has 0 aliphatic heterocycles. The molecule has 4 rings (SSSR count). The predicted octanol–water partition coefficient (Wildman–Crippen LogP) is 4.25. The van der Waals surface area contributed by atoms with Crippen molar-refractivity contribution in [2.45, 2.75) is 0 Å². The van der Waals surface area contributed by atoms with Crippen molar-refractivity contribution in [3.05, 3.63) is 73.1 Å². The van der Waals surface area contributed by atoms with E-state index in [1.807, 2.05) is 6.07 Å². The van der Waals surface area contributed by atoms with Crippen LogP contribution in [0.1, 0.15) is 0 Å². The number of aromatic nitrogens is 2. The molecular formula is C18H11N2. The van der Waals surface area contributed by atoms with Crippen molar-refractivity contribution in [1.29, 1.82) is 0 Å². The van der Waals surface area contributed by atoms with Crippen LogP contribution in [0.3, 0.4) is 0 Å². The van der Waals surface area contributed by atoms with Crippen LogP contribution >= 0.6 is 0 Å². The van der Waals surface area contributed by atoms with E-state index < -0.39 is 0 Å². The van der Waals surface area contributed by atoms with Crippen LogP contribution in [0.2, 0.25) is 0 Å². The molecule has 0 amide bonds. The van der Waals surface area contributed by atoms with Gasteiger partial charge in [-0.2, -0.15) is 5.10 Å². The average molecular weight is 255 g/mol. The van der Waals surface area contributed by atoms with E-state index in [1.165, 1.54) is 21.5 Å². The Morgan fingerprint density at radius 3 is 2.35 bits per heavy atom.